The monoisotopic (exact) mass is 484 g/mol. The number of hydrogen-bond acceptors (Lipinski definition) is 3. The number of benzene rings is 3. The van der Waals surface area contributed by atoms with Crippen molar-refractivity contribution in [2.45, 2.75) is 31.3 Å². The number of thioether (sulfide) groups is 1. The van der Waals surface area contributed by atoms with Gasteiger partial charge in [-0.25, -0.2) is 0 Å². The van der Waals surface area contributed by atoms with Crippen LogP contribution in [-0.2, 0) is 11.0 Å². The van der Waals surface area contributed by atoms with E-state index in [2.05, 4.69) is 19.2 Å². The molecule has 34 heavy (non-hydrogen) atoms. The molecule has 0 bridgehead atoms. The highest BCUT2D eigenvalue weighted by molar-refractivity contribution is 8.00. The molecule has 3 aromatic rings. The lowest BCUT2D eigenvalue weighted by atomic mass is 10.0. The summed E-state index contributed by atoms with van der Waals surface area (Å²) in [6.45, 7) is 4.21. The Morgan fingerprint density at radius 3 is 2.41 bits per heavy atom. The summed E-state index contributed by atoms with van der Waals surface area (Å²) >= 11 is 1.48. The van der Waals surface area contributed by atoms with E-state index in [1.54, 1.807) is 23.1 Å². The van der Waals surface area contributed by atoms with Crippen LogP contribution in [0.4, 0.5) is 24.5 Å². The SMILES string of the molecule is CC(C)c1ccc(N2C(=O)CS[C@H]2c2cccc(NC(=O)c3cccc(C(F)(F)F)c3)c2)cc1. The highest BCUT2D eigenvalue weighted by Gasteiger charge is 2.34. The van der Waals surface area contributed by atoms with Crippen LogP contribution in [0.25, 0.3) is 0 Å². The van der Waals surface area contributed by atoms with Gasteiger partial charge in [0.25, 0.3) is 5.91 Å². The van der Waals surface area contributed by atoms with Crippen LogP contribution in [0.2, 0.25) is 0 Å². The third kappa shape index (κ3) is 5.12. The average Bonchev–Trinajstić information content (AvgIpc) is 3.20. The maximum absolute atomic E-state index is 13.0. The average molecular weight is 485 g/mol. The molecule has 1 aliphatic rings. The number of alkyl halides is 3. The molecule has 0 spiro atoms. The van der Waals surface area contributed by atoms with Gasteiger partial charge in [-0.1, -0.05) is 44.2 Å². The second kappa shape index (κ2) is 9.54. The van der Waals surface area contributed by atoms with Gasteiger partial charge in [-0.05, 0) is 59.5 Å². The largest absolute Gasteiger partial charge is 0.416 e. The quantitative estimate of drug-likeness (QED) is 0.430. The first-order valence-electron chi connectivity index (χ1n) is 10.8. The van der Waals surface area contributed by atoms with Crippen molar-refractivity contribution < 1.29 is 22.8 Å². The van der Waals surface area contributed by atoms with Crippen molar-refractivity contribution in [3.8, 4) is 0 Å². The van der Waals surface area contributed by atoms with Gasteiger partial charge in [-0.15, -0.1) is 11.8 Å². The number of amides is 2. The minimum absolute atomic E-state index is 0.00861. The number of carbonyl (C=O) groups excluding carboxylic acids is 2. The minimum atomic E-state index is -4.53. The highest BCUT2D eigenvalue weighted by Crippen LogP contribution is 2.42. The van der Waals surface area contributed by atoms with Crippen LogP contribution in [0, 0.1) is 0 Å². The number of rotatable bonds is 5. The van der Waals surface area contributed by atoms with E-state index >= 15 is 0 Å². The van der Waals surface area contributed by atoms with E-state index in [0.29, 0.717) is 17.4 Å². The van der Waals surface area contributed by atoms with Gasteiger partial charge in [0.05, 0.1) is 11.3 Å². The minimum Gasteiger partial charge on any atom is -0.322 e. The third-order valence-corrected chi connectivity index (χ3v) is 6.80. The summed E-state index contributed by atoms with van der Waals surface area (Å²) in [5.41, 5.74) is 2.26. The molecule has 1 fully saturated rings. The zero-order valence-electron chi connectivity index (χ0n) is 18.6. The van der Waals surface area contributed by atoms with E-state index in [1.807, 2.05) is 30.3 Å². The first kappa shape index (κ1) is 23.9. The molecule has 3 aromatic carbocycles. The van der Waals surface area contributed by atoms with Crippen molar-refractivity contribution in [2.24, 2.45) is 0 Å². The number of carbonyl (C=O) groups is 2. The normalized spacial score (nSPS) is 16.2. The summed E-state index contributed by atoms with van der Waals surface area (Å²) < 4.78 is 39.0. The van der Waals surface area contributed by atoms with E-state index in [4.69, 9.17) is 0 Å². The van der Waals surface area contributed by atoms with Crippen molar-refractivity contribution >= 4 is 35.0 Å². The summed E-state index contributed by atoms with van der Waals surface area (Å²) in [5.74, 6) is 0.0630. The lowest BCUT2D eigenvalue weighted by molar-refractivity contribution is -0.137. The van der Waals surface area contributed by atoms with Crippen LogP contribution in [-0.4, -0.2) is 17.6 Å². The highest BCUT2D eigenvalue weighted by atomic mass is 32.2. The van der Waals surface area contributed by atoms with E-state index in [1.165, 1.54) is 29.5 Å². The van der Waals surface area contributed by atoms with Gasteiger partial charge >= 0.3 is 6.18 Å². The Morgan fingerprint density at radius 2 is 1.74 bits per heavy atom. The van der Waals surface area contributed by atoms with Crippen molar-refractivity contribution in [3.05, 3.63) is 95.1 Å². The van der Waals surface area contributed by atoms with Crippen LogP contribution in [0.1, 0.15) is 52.2 Å². The molecule has 0 radical (unpaired) electrons. The second-order valence-electron chi connectivity index (χ2n) is 8.33. The molecule has 1 heterocycles. The number of nitrogens with zero attached hydrogens (tertiary/aromatic N) is 1. The fourth-order valence-electron chi connectivity index (χ4n) is 3.78. The van der Waals surface area contributed by atoms with Crippen LogP contribution >= 0.6 is 11.8 Å². The summed E-state index contributed by atoms with van der Waals surface area (Å²) in [5, 5.41) is 2.39. The number of anilines is 2. The van der Waals surface area contributed by atoms with Gasteiger partial charge in [0.2, 0.25) is 5.91 Å². The van der Waals surface area contributed by atoms with Crippen LogP contribution < -0.4 is 10.2 Å². The Bertz CT molecular complexity index is 1210. The van der Waals surface area contributed by atoms with Crippen molar-refractivity contribution in [1.82, 2.24) is 0 Å². The molecule has 0 unspecified atom stereocenters. The Morgan fingerprint density at radius 1 is 1.03 bits per heavy atom. The van der Waals surface area contributed by atoms with Crippen molar-refractivity contribution in [3.63, 3.8) is 0 Å². The topological polar surface area (TPSA) is 49.4 Å². The van der Waals surface area contributed by atoms with Crippen molar-refractivity contribution in [2.75, 3.05) is 16.0 Å². The molecule has 1 N–H and O–H groups in total. The van der Waals surface area contributed by atoms with E-state index in [-0.39, 0.29) is 16.8 Å². The number of nitrogens with one attached hydrogen (secondary N) is 1. The van der Waals surface area contributed by atoms with E-state index < -0.39 is 17.6 Å². The lowest BCUT2D eigenvalue weighted by Gasteiger charge is -2.25. The van der Waals surface area contributed by atoms with Crippen LogP contribution in [0.15, 0.2) is 72.8 Å². The zero-order valence-corrected chi connectivity index (χ0v) is 19.4. The maximum atomic E-state index is 13.0. The Hall–Kier alpha value is -3.26. The van der Waals surface area contributed by atoms with Gasteiger partial charge in [-0.2, -0.15) is 13.2 Å². The van der Waals surface area contributed by atoms with Crippen LogP contribution in [0.5, 0.6) is 0 Å². The molecule has 8 heteroatoms. The molecule has 0 aromatic heterocycles. The molecule has 4 rings (SSSR count). The van der Waals surface area contributed by atoms with E-state index in [9.17, 15) is 22.8 Å². The lowest BCUT2D eigenvalue weighted by Crippen LogP contribution is -2.27. The van der Waals surface area contributed by atoms with Gasteiger partial charge in [0, 0.05) is 16.9 Å². The van der Waals surface area contributed by atoms with Crippen molar-refractivity contribution in [1.29, 1.82) is 0 Å². The summed E-state index contributed by atoms with van der Waals surface area (Å²) in [4.78, 5) is 27.0. The predicted molar refractivity (Wildman–Crippen MR) is 129 cm³/mol. The Kier molecular flexibility index (Phi) is 6.70. The molecular weight excluding hydrogens is 461 g/mol. The smallest absolute Gasteiger partial charge is 0.322 e. The molecule has 176 valence electrons. The number of hydrogen-bond donors (Lipinski definition) is 1. The molecule has 1 saturated heterocycles. The second-order valence-corrected chi connectivity index (χ2v) is 9.40. The summed E-state index contributed by atoms with van der Waals surface area (Å²) in [6, 6.07) is 19.2. The third-order valence-electron chi connectivity index (χ3n) is 5.59. The van der Waals surface area contributed by atoms with Gasteiger partial charge in [0.1, 0.15) is 5.37 Å². The molecule has 2 amide bonds. The van der Waals surface area contributed by atoms with E-state index in [0.717, 1.165) is 23.4 Å². The standard InChI is InChI=1S/C26H23F3N2O2S/c1-16(2)17-9-11-22(12-10-17)31-23(32)15-34-25(31)19-6-4-8-21(14-19)30-24(33)18-5-3-7-20(13-18)26(27,28)29/h3-14,16,25H,15H2,1-2H3,(H,30,33)/t25-/m0/s1. The molecular formula is C26H23F3N2O2S. The maximum Gasteiger partial charge on any atom is 0.416 e. The van der Waals surface area contributed by atoms with Gasteiger partial charge in [-0.3, -0.25) is 14.5 Å². The number of halogens is 3. The van der Waals surface area contributed by atoms with Gasteiger partial charge in [0.15, 0.2) is 0 Å². The predicted octanol–water partition coefficient (Wildman–Crippen LogP) is 6.86. The molecule has 4 nitrogen and oxygen atoms in total. The molecule has 0 aliphatic carbocycles. The van der Waals surface area contributed by atoms with Crippen LogP contribution in [0.3, 0.4) is 0 Å². The summed E-state index contributed by atoms with van der Waals surface area (Å²) in [6.07, 6.45) is -4.53. The first-order chi connectivity index (χ1) is 16.1. The zero-order chi connectivity index (χ0) is 24.5. The molecule has 0 saturated carbocycles. The fraction of sp³-hybridized carbons (Fsp3) is 0.231. The molecule has 1 atom stereocenters. The molecule has 1 aliphatic heterocycles. The summed E-state index contributed by atoms with van der Waals surface area (Å²) in [7, 11) is 0. The Balaban J connectivity index is 1.56. The Labute approximate surface area is 200 Å². The first-order valence-corrected chi connectivity index (χ1v) is 11.8. The fourth-order valence-corrected chi connectivity index (χ4v) is 4.95. The van der Waals surface area contributed by atoms with Gasteiger partial charge < -0.3 is 5.32 Å².